The molecule has 0 aliphatic carbocycles. The van der Waals surface area contributed by atoms with Gasteiger partial charge < -0.3 is 24.3 Å². The molecule has 0 atom stereocenters. The molecule has 4 rings (SSSR count). The summed E-state index contributed by atoms with van der Waals surface area (Å²) in [4.78, 5) is 18.4. The number of aryl methyl sites for hydroxylation is 2. The zero-order chi connectivity index (χ0) is 22.0. The van der Waals surface area contributed by atoms with Crippen molar-refractivity contribution in [1.29, 1.82) is 5.26 Å². The molecule has 8 nitrogen and oxygen atoms in total. The van der Waals surface area contributed by atoms with Crippen molar-refractivity contribution in [2.75, 3.05) is 19.8 Å². The van der Waals surface area contributed by atoms with Gasteiger partial charge in [0.05, 0.1) is 39.4 Å². The van der Waals surface area contributed by atoms with Gasteiger partial charge in [-0.2, -0.15) is 5.26 Å². The molecule has 2 N–H and O–H groups in total. The number of rotatable bonds is 6. The van der Waals surface area contributed by atoms with Gasteiger partial charge >= 0.3 is 0 Å². The third kappa shape index (κ3) is 4.14. The highest BCUT2D eigenvalue weighted by atomic mass is 32.1. The number of fused-ring (bicyclic) bond motifs is 1. The maximum Gasteiger partial charge on any atom is 0.255 e. The van der Waals surface area contributed by atoms with Crippen LogP contribution in [0.3, 0.4) is 0 Å². The lowest BCUT2D eigenvalue weighted by Gasteiger charge is -2.36. The van der Waals surface area contributed by atoms with E-state index in [1.165, 1.54) is 11.3 Å². The molecule has 162 valence electrons. The second-order valence-electron chi connectivity index (χ2n) is 7.65. The number of aromatic nitrogens is 1. The largest absolute Gasteiger partial charge is 0.488 e. The van der Waals surface area contributed by atoms with E-state index >= 15 is 0 Å². The Hall–Kier alpha value is -2.93. The van der Waals surface area contributed by atoms with Crippen LogP contribution in [0.1, 0.15) is 45.1 Å². The van der Waals surface area contributed by atoms with Crippen molar-refractivity contribution < 1.29 is 23.8 Å². The minimum atomic E-state index is -0.735. The Bertz CT molecular complexity index is 1150. The van der Waals surface area contributed by atoms with E-state index in [0.717, 1.165) is 10.6 Å². The molecule has 1 aromatic carbocycles. The second-order valence-corrected chi connectivity index (χ2v) is 8.59. The van der Waals surface area contributed by atoms with Gasteiger partial charge in [0.1, 0.15) is 24.2 Å². The van der Waals surface area contributed by atoms with Crippen LogP contribution in [0.15, 0.2) is 22.1 Å². The Morgan fingerprint density at radius 2 is 2.16 bits per heavy atom. The van der Waals surface area contributed by atoms with Gasteiger partial charge in [-0.1, -0.05) is 0 Å². The highest BCUT2D eigenvalue weighted by Crippen LogP contribution is 2.33. The summed E-state index contributed by atoms with van der Waals surface area (Å²) in [5, 5.41) is 23.0. The summed E-state index contributed by atoms with van der Waals surface area (Å²) in [6.07, 6.45) is 1.05. The Balaban J connectivity index is 1.68. The van der Waals surface area contributed by atoms with Gasteiger partial charge in [-0.05, 0) is 32.8 Å². The number of thiazole rings is 1. The van der Waals surface area contributed by atoms with E-state index in [0.29, 0.717) is 66.3 Å². The summed E-state index contributed by atoms with van der Waals surface area (Å²) in [5.74, 6) is 0.515. The number of carbonyl (C=O) groups excluding carboxylic acids is 1. The normalized spacial score (nSPS) is 15.5. The first-order valence-corrected chi connectivity index (χ1v) is 10.8. The van der Waals surface area contributed by atoms with Gasteiger partial charge in [-0.15, -0.1) is 11.3 Å². The van der Waals surface area contributed by atoms with E-state index in [4.69, 9.17) is 13.9 Å². The third-order valence-corrected chi connectivity index (χ3v) is 6.54. The fourth-order valence-electron chi connectivity index (χ4n) is 3.74. The number of amides is 1. The lowest BCUT2D eigenvalue weighted by Crippen LogP contribution is -2.54. The van der Waals surface area contributed by atoms with Crippen molar-refractivity contribution >= 4 is 28.2 Å². The number of nitrogens with one attached hydrogen (secondary N) is 1. The summed E-state index contributed by atoms with van der Waals surface area (Å²) < 4.78 is 17.1. The fraction of sp³-hybridized carbons (Fsp3) is 0.409. The molecular weight excluding hydrogens is 418 g/mol. The maximum atomic E-state index is 13.2. The number of nitriles is 1. The molecule has 0 bridgehead atoms. The highest BCUT2D eigenvalue weighted by molar-refractivity contribution is 7.09. The fourth-order valence-corrected chi connectivity index (χ4v) is 4.43. The van der Waals surface area contributed by atoms with Crippen molar-refractivity contribution in [3.05, 3.63) is 45.1 Å². The molecule has 2 aromatic heterocycles. The highest BCUT2D eigenvalue weighted by Gasteiger charge is 2.35. The van der Waals surface area contributed by atoms with Gasteiger partial charge in [0.2, 0.25) is 0 Å². The first-order chi connectivity index (χ1) is 15.0. The number of carbonyl (C=O) groups is 1. The quantitative estimate of drug-likeness (QED) is 0.603. The van der Waals surface area contributed by atoms with Gasteiger partial charge in [0, 0.05) is 24.7 Å². The molecule has 0 radical (unpaired) electrons. The monoisotopic (exact) mass is 441 g/mol. The van der Waals surface area contributed by atoms with Crippen molar-refractivity contribution in [1.82, 2.24) is 10.3 Å². The summed E-state index contributed by atoms with van der Waals surface area (Å²) >= 11 is 1.50. The molecule has 3 aromatic rings. The lowest BCUT2D eigenvalue weighted by atomic mass is 9.90. The first-order valence-electron chi connectivity index (χ1n) is 9.96. The first kappa shape index (κ1) is 21.3. The van der Waals surface area contributed by atoms with E-state index in [9.17, 15) is 15.2 Å². The lowest BCUT2D eigenvalue weighted by molar-refractivity contribution is 0.0125. The van der Waals surface area contributed by atoms with Crippen LogP contribution in [0.25, 0.3) is 11.0 Å². The van der Waals surface area contributed by atoms with Crippen LogP contribution < -0.4 is 10.1 Å². The summed E-state index contributed by atoms with van der Waals surface area (Å²) in [7, 11) is 0. The number of nitrogens with zero attached hydrogens (tertiary/aromatic N) is 2. The molecule has 3 heterocycles. The van der Waals surface area contributed by atoms with Crippen molar-refractivity contribution in [3.8, 4) is 11.8 Å². The summed E-state index contributed by atoms with van der Waals surface area (Å²) in [6.45, 7) is 4.68. The number of aliphatic hydroxyl groups excluding tert-OH is 1. The molecule has 1 aliphatic rings. The molecule has 0 spiro atoms. The zero-order valence-electron chi connectivity index (χ0n) is 17.4. The third-order valence-electron chi connectivity index (χ3n) is 5.63. The van der Waals surface area contributed by atoms with Crippen LogP contribution in [0.5, 0.6) is 5.75 Å². The van der Waals surface area contributed by atoms with Gasteiger partial charge in [0.15, 0.2) is 5.58 Å². The van der Waals surface area contributed by atoms with Gasteiger partial charge in [-0.25, -0.2) is 4.98 Å². The maximum absolute atomic E-state index is 13.2. The molecule has 1 aliphatic heterocycles. The molecule has 1 amide bonds. The molecule has 31 heavy (non-hydrogen) atoms. The summed E-state index contributed by atoms with van der Waals surface area (Å²) in [6, 6.07) is 5.45. The molecular formula is C22H23N3O5S. The Morgan fingerprint density at radius 3 is 2.81 bits per heavy atom. The molecule has 0 saturated carbocycles. The number of hydrogen-bond donors (Lipinski definition) is 2. The van der Waals surface area contributed by atoms with Gasteiger partial charge in [0.25, 0.3) is 5.91 Å². The zero-order valence-corrected chi connectivity index (χ0v) is 18.2. The van der Waals surface area contributed by atoms with Crippen molar-refractivity contribution in [2.45, 2.75) is 38.8 Å². The number of aliphatic hydroxyl groups is 1. The standard InChI is InChI=1S/C22H23N3O5S/c1-13-18(31-12-24-13)10-29-16-7-15(9-23)20-17(8-16)19(14(2)30-20)21(27)25-22(11-26)3-5-28-6-4-22/h7-8,12,26H,3-6,10-11H2,1-2H3,(H,25,27). The molecule has 1 saturated heterocycles. The smallest absolute Gasteiger partial charge is 0.255 e. The number of benzene rings is 1. The second kappa shape index (κ2) is 8.67. The van der Waals surface area contributed by atoms with Crippen LogP contribution in [0.4, 0.5) is 0 Å². The van der Waals surface area contributed by atoms with Crippen LogP contribution in [0.2, 0.25) is 0 Å². The van der Waals surface area contributed by atoms with E-state index in [2.05, 4.69) is 16.4 Å². The topological polar surface area (TPSA) is 118 Å². The number of furan rings is 1. The van der Waals surface area contributed by atoms with Crippen LogP contribution in [0, 0.1) is 25.2 Å². The van der Waals surface area contributed by atoms with Crippen LogP contribution in [-0.4, -0.2) is 41.4 Å². The van der Waals surface area contributed by atoms with E-state index in [1.54, 1.807) is 24.6 Å². The minimum Gasteiger partial charge on any atom is -0.488 e. The number of ether oxygens (including phenoxy) is 2. The SMILES string of the molecule is Cc1ncsc1COc1cc(C#N)c2oc(C)c(C(=O)NC3(CO)CCOCC3)c2c1. The average Bonchev–Trinajstić information content (AvgIpc) is 3.33. The van der Waals surface area contributed by atoms with E-state index in [1.807, 2.05) is 6.92 Å². The average molecular weight is 442 g/mol. The van der Waals surface area contributed by atoms with E-state index < -0.39 is 5.54 Å². The van der Waals surface area contributed by atoms with Crippen LogP contribution >= 0.6 is 11.3 Å². The van der Waals surface area contributed by atoms with E-state index in [-0.39, 0.29) is 12.5 Å². The van der Waals surface area contributed by atoms with Gasteiger partial charge in [-0.3, -0.25) is 4.79 Å². The van der Waals surface area contributed by atoms with Crippen molar-refractivity contribution in [2.24, 2.45) is 0 Å². The molecule has 1 fully saturated rings. The predicted octanol–water partition coefficient (Wildman–Crippen LogP) is 3.23. The summed E-state index contributed by atoms with van der Waals surface area (Å²) in [5.41, 5.74) is 2.89. The van der Waals surface area contributed by atoms with Crippen LogP contribution in [-0.2, 0) is 11.3 Å². The van der Waals surface area contributed by atoms with Crippen molar-refractivity contribution in [3.63, 3.8) is 0 Å². The number of hydrogen-bond acceptors (Lipinski definition) is 8. The molecule has 9 heteroatoms. The predicted molar refractivity (Wildman–Crippen MR) is 114 cm³/mol. The Morgan fingerprint density at radius 1 is 1.39 bits per heavy atom. The molecule has 0 unspecified atom stereocenters. The Labute approximate surface area is 183 Å². The Kier molecular flexibility index (Phi) is 5.96. The minimum absolute atomic E-state index is 0.178.